The van der Waals surface area contributed by atoms with Crippen LogP contribution in [0.25, 0.3) is 0 Å². The van der Waals surface area contributed by atoms with Gasteiger partial charge < -0.3 is 15.7 Å². The molecule has 1 fully saturated rings. The summed E-state index contributed by atoms with van der Waals surface area (Å²) in [5.41, 5.74) is 1.47. The molecule has 0 spiro atoms. The van der Waals surface area contributed by atoms with E-state index in [1.165, 1.54) is 24.2 Å². The molecular weight excluding hydrogens is 520 g/mol. The molecule has 4 unspecified atom stereocenters. The minimum Gasteiger partial charge on any atom is -0.481 e. The van der Waals surface area contributed by atoms with Crippen LogP contribution >= 0.6 is 11.8 Å². The van der Waals surface area contributed by atoms with Crippen LogP contribution in [0.3, 0.4) is 0 Å². The quantitative estimate of drug-likeness (QED) is 0.247. The molecule has 1 amide bonds. The molecule has 38 heavy (non-hydrogen) atoms. The lowest BCUT2D eigenvalue weighted by Crippen LogP contribution is -2.38. The minimum absolute atomic E-state index is 0.102. The summed E-state index contributed by atoms with van der Waals surface area (Å²) in [7, 11) is -2.88. The number of anilines is 1. The Kier molecular flexibility index (Phi) is 11.6. The summed E-state index contributed by atoms with van der Waals surface area (Å²) < 4.78 is 24.0. The summed E-state index contributed by atoms with van der Waals surface area (Å²) in [6.07, 6.45) is 9.58. The van der Waals surface area contributed by atoms with Crippen LogP contribution in [-0.4, -0.2) is 54.7 Å². The molecule has 212 valence electrons. The fraction of sp³-hybridized carbons (Fsp3) is 0.655. The predicted molar refractivity (Wildman–Crippen MR) is 156 cm³/mol. The van der Waals surface area contributed by atoms with Crippen molar-refractivity contribution in [1.82, 2.24) is 5.32 Å². The lowest BCUT2D eigenvalue weighted by atomic mass is 9.82. The predicted octanol–water partition coefficient (Wildman–Crippen LogP) is 5.74. The Morgan fingerprint density at radius 3 is 2.39 bits per heavy atom. The van der Waals surface area contributed by atoms with Crippen LogP contribution in [0.2, 0.25) is 0 Å². The van der Waals surface area contributed by atoms with Crippen LogP contribution in [0.15, 0.2) is 35.2 Å². The van der Waals surface area contributed by atoms with Crippen LogP contribution in [0.5, 0.6) is 0 Å². The van der Waals surface area contributed by atoms with Gasteiger partial charge in [0.05, 0.1) is 17.9 Å². The Hall–Kier alpha value is -2.00. The molecule has 0 bridgehead atoms. The van der Waals surface area contributed by atoms with Gasteiger partial charge in [0.1, 0.15) is 9.84 Å². The Labute approximate surface area is 232 Å². The van der Waals surface area contributed by atoms with Gasteiger partial charge in [-0.1, -0.05) is 46.1 Å². The molecule has 1 saturated heterocycles. The molecule has 2 aliphatic heterocycles. The average molecular weight is 565 g/mol. The number of carboxylic acids is 1. The van der Waals surface area contributed by atoms with E-state index in [1.54, 1.807) is 12.1 Å². The first-order valence-corrected chi connectivity index (χ1v) is 16.8. The zero-order chi connectivity index (χ0) is 27.7. The number of amides is 1. The molecule has 2 heterocycles. The van der Waals surface area contributed by atoms with Gasteiger partial charge in [-0.05, 0) is 66.7 Å². The number of rotatable bonds is 14. The molecule has 0 saturated carbocycles. The maximum absolute atomic E-state index is 12.4. The lowest BCUT2D eigenvalue weighted by Gasteiger charge is -2.33. The number of hydrogen-bond donors (Lipinski definition) is 3. The number of sulfone groups is 1. The number of carboxylic acid groups (broad SMARTS) is 1. The second kappa shape index (κ2) is 14.4. The molecule has 3 rings (SSSR count). The van der Waals surface area contributed by atoms with Crippen molar-refractivity contribution in [2.24, 2.45) is 17.8 Å². The largest absolute Gasteiger partial charge is 0.481 e. The number of carbonyl (C=O) groups is 2. The van der Waals surface area contributed by atoms with E-state index in [9.17, 15) is 18.0 Å². The van der Waals surface area contributed by atoms with Gasteiger partial charge in [0.2, 0.25) is 0 Å². The number of hydrogen-bond acceptors (Lipinski definition) is 6. The third kappa shape index (κ3) is 8.76. The molecule has 3 N–H and O–H groups in total. The topological polar surface area (TPSA) is 113 Å². The summed E-state index contributed by atoms with van der Waals surface area (Å²) in [4.78, 5) is 24.4. The minimum atomic E-state index is -2.88. The second-order valence-electron chi connectivity index (χ2n) is 10.8. The summed E-state index contributed by atoms with van der Waals surface area (Å²) in [5, 5.41) is 15.7. The third-order valence-electron chi connectivity index (χ3n) is 7.83. The van der Waals surface area contributed by atoms with Gasteiger partial charge in [-0.25, -0.2) is 8.42 Å². The van der Waals surface area contributed by atoms with E-state index < -0.39 is 15.8 Å². The van der Waals surface area contributed by atoms with Crippen LogP contribution in [-0.2, 0) is 14.6 Å². The number of unbranched alkanes of at least 4 members (excludes halogenated alkanes) is 2. The molecule has 9 heteroatoms. The van der Waals surface area contributed by atoms with Crippen molar-refractivity contribution in [3.63, 3.8) is 0 Å². The van der Waals surface area contributed by atoms with E-state index in [-0.39, 0.29) is 24.9 Å². The van der Waals surface area contributed by atoms with Crippen molar-refractivity contribution in [3.8, 4) is 0 Å². The molecule has 7 nitrogen and oxygen atoms in total. The Morgan fingerprint density at radius 1 is 1.11 bits per heavy atom. The number of allylic oxidation sites excluding steroid dienone is 1. The van der Waals surface area contributed by atoms with Crippen molar-refractivity contribution >= 4 is 39.2 Å². The Morgan fingerprint density at radius 2 is 1.79 bits per heavy atom. The summed E-state index contributed by atoms with van der Waals surface area (Å²) in [5.74, 6) is 0.506. The summed E-state index contributed by atoms with van der Waals surface area (Å²) in [6.45, 7) is 6.89. The number of thioether (sulfide) groups is 1. The number of aliphatic carboxylic acids is 1. The van der Waals surface area contributed by atoms with E-state index in [4.69, 9.17) is 5.11 Å². The van der Waals surface area contributed by atoms with Crippen LogP contribution in [0, 0.1) is 17.8 Å². The number of carbonyl (C=O) groups excluding carboxylic acids is 1. The first-order valence-electron chi connectivity index (χ1n) is 14.1. The fourth-order valence-corrected chi connectivity index (χ4v) is 8.57. The Bertz CT molecular complexity index is 1060. The van der Waals surface area contributed by atoms with Gasteiger partial charge in [-0.3, -0.25) is 9.59 Å². The van der Waals surface area contributed by atoms with Gasteiger partial charge in [-0.2, -0.15) is 0 Å². The van der Waals surface area contributed by atoms with Gasteiger partial charge >= 0.3 is 5.97 Å². The van der Waals surface area contributed by atoms with Crippen LogP contribution in [0.4, 0.5) is 5.69 Å². The zero-order valence-corrected chi connectivity index (χ0v) is 24.6. The van der Waals surface area contributed by atoms with E-state index in [1.807, 2.05) is 23.9 Å². The average Bonchev–Trinajstić information content (AvgIpc) is 3.31. The molecule has 2 aliphatic rings. The molecule has 0 radical (unpaired) electrons. The van der Waals surface area contributed by atoms with Gasteiger partial charge in [0.15, 0.2) is 0 Å². The standard InChI is InChI=1S/C29H44N2O5S2/c1-4-6-7-8-20(3)28(31-23-11-9-22(10-12-23)29(34)30-16-13-27(32)33)24-19-26(37-25(24)5-2)21-14-17-38(35,36)18-15-21/h9-12,19-21,24-25,28,31H,4-8,13-18H2,1-3H3,(H,30,34)(H,32,33). The third-order valence-corrected chi connectivity index (χ3v) is 11.2. The smallest absolute Gasteiger partial charge is 0.305 e. The van der Waals surface area contributed by atoms with E-state index in [2.05, 4.69) is 37.5 Å². The summed E-state index contributed by atoms with van der Waals surface area (Å²) in [6, 6.07) is 7.64. The first-order chi connectivity index (χ1) is 18.1. The highest BCUT2D eigenvalue weighted by molar-refractivity contribution is 8.04. The fourth-order valence-electron chi connectivity index (χ4n) is 5.50. The highest BCUT2D eigenvalue weighted by atomic mass is 32.2. The van der Waals surface area contributed by atoms with Crippen LogP contribution < -0.4 is 10.6 Å². The highest BCUT2D eigenvalue weighted by Gasteiger charge is 2.39. The van der Waals surface area contributed by atoms with Gasteiger partial charge in [0, 0.05) is 35.0 Å². The molecule has 1 aromatic rings. The number of nitrogens with one attached hydrogen (secondary N) is 2. The molecular formula is C29H44N2O5S2. The normalized spacial score (nSPS) is 22.9. The van der Waals surface area contributed by atoms with Crippen molar-refractivity contribution < 1.29 is 23.1 Å². The van der Waals surface area contributed by atoms with E-state index in [0.717, 1.165) is 31.4 Å². The molecule has 0 aliphatic carbocycles. The SMILES string of the molecule is CCCCCC(C)C(Nc1ccc(C(=O)NCCC(=O)O)cc1)C1C=C(C2CCS(=O)(=O)CC2)SC1CC. The van der Waals surface area contributed by atoms with Gasteiger partial charge in [0.25, 0.3) is 5.91 Å². The highest BCUT2D eigenvalue weighted by Crippen LogP contribution is 2.47. The van der Waals surface area contributed by atoms with Crippen molar-refractivity contribution in [2.45, 2.75) is 83.4 Å². The number of benzene rings is 1. The molecule has 1 aromatic carbocycles. The molecule has 0 aromatic heterocycles. The molecule has 4 atom stereocenters. The van der Waals surface area contributed by atoms with Crippen molar-refractivity contribution in [3.05, 3.63) is 40.8 Å². The second-order valence-corrected chi connectivity index (χ2v) is 14.4. The monoisotopic (exact) mass is 564 g/mol. The Balaban J connectivity index is 1.76. The van der Waals surface area contributed by atoms with Gasteiger partial charge in [-0.15, -0.1) is 11.8 Å². The zero-order valence-electron chi connectivity index (χ0n) is 22.9. The van der Waals surface area contributed by atoms with Crippen LogP contribution in [0.1, 0.15) is 82.5 Å². The van der Waals surface area contributed by atoms with E-state index >= 15 is 0 Å². The van der Waals surface area contributed by atoms with Crippen molar-refractivity contribution in [2.75, 3.05) is 23.4 Å². The first kappa shape index (κ1) is 30.5. The lowest BCUT2D eigenvalue weighted by molar-refractivity contribution is -0.136. The van der Waals surface area contributed by atoms with E-state index in [0.29, 0.717) is 40.1 Å². The van der Waals surface area contributed by atoms with Crippen molar-refractivity contribution in [1.29, 1.82) is 0 Å². The summed E-state index contributed by atoms with van der Waals surface area (Å²) >= 11 is 1.96. The maximum atomic E-state index is 12.4. The maximum Gasteiger partial charge on any atom is 0.305 e.